The van der Waals surface area contributed by atoms with Crippen LogP contribution in [-0.4, -0.2) is 28.0 Å². The summed E-state index contributed by atoms with van der Waals surface area (Å²) < 4.78 is 5.10. The predicted octanol–water partition coefficient (Wildman–Crippen LogP) is 2.04. The van der Waals surface area contributed by atoms with Crippen molar-refractivity contribution < 1.29 is 9.32 Å². The van der Waals surface area contributed by atoms with Crippen LogP contribution in [0.4, 0.5) is 0 Å². The molecule has 0 bridgehead atoms. The van der Waals surface area contributed by atoms with E-state index in [1.54, 1.807) is 17.3 Å². The van der Waals surface area contributed by atoms with E-state index in [0.29, 0.717) is 12.2 Å². The third kappa shape index (κ3) is 2.88. The molecule has 0 spiro atoms. The number of nitrogens with two attached hydrogens (primary N) is 1. The second-order valence-corrected chi connectivity index (χ2v) is 5.71. The average molecular weight is 294 g/mol. The van der Waals surface area contributed by atoms with E-state index in [-0.39, 0.29) is 11.9 Å². The summed E-state index contributed by atoms with van der Waals surface area (Å²) in [6.07, 6.45) is 0. The molecule has 20 heavy (non-hydrogen) atoms. The second kappa shape index (κ2) is 5.72. The van der Waals surface area contributed by atoms with Crippen LogP contribution in [0.2, 0.25) is 0 Å². The maximum atomic E-state index is 12.3. The highest BCUT2D eigenvalue weighted by atomic mass is 32.1. The Morgan fingerprint density at radius 1 is 1.55 bits per heavy atom. The van der Waals surface area contributed by atoms with E-state index in [9.17, 15) is 4.79 Å². The number of rotatable bonds is 4. The summed E-state index contributed by atoms with van der Waals surface area (Å²) >= 11 is 1.40. The maximum Gasteiger partial charge on any atom is 0.273 e. The van der Waals surface area contributed by atoms with Gasteiger partial charge < -0.3 is 15.2 Å². The number of carbonyl (C=O) groups excluding carboxylic acids is 1. The van der Waals surface area contributed by atoms with Crippen LogP contribution in [0.5, 0.6) is 0 Å². The Morgan fingerprint density at radius 3 is 2.75 bits per heavy atom. The van der Waals surface area contributed by atoms with Crippen LogP contribution in [0.3, 0.4) is 0 Å². The molecule has 2 rings (SSSR count). The van der Waals surface area contributed by atoms with Gasteiger partial charge in [0.15, 0.2) is 0 Å². The quantitative estimate of drug-likeness (QED) is 0.932. The summed E-state index contributed by atoms with van der Waals surface area (Å²) in [6.45, 7) is 6.00. The van der Waals surface area contributed by atoms with Gasteiger partial charge in [-0.25, -0.2) is 4.98 Å². The molecular weight excluding hydrogens is 276 g/mol. The van der Waals surface area contributed by atoms with Crippen LogP contribution in [-0.2, 0) is 6.54 Å². The Balaban J connectivity index is 2.12. The number of aryl methyl sites for hydroxylation is 2. The summed E-state index contributed by atoms with van der Waals surface area (Å²) in [4.78, 5) is 18.2. The number of carbonyl (C=O) groups is 1. The molecular formula is C13H18N4O2S. The molecule has 2 aromatic heterocycles. The number of nitrogens with zero attached hydrogens (tertiary/aromatic N) is 3. The average Bonchev–Trinajstić information content (AvgIpc) is 3.00. The van der Waals surface area contributed by atoms with Crippen molar-refractivity contribution >= 4 is 17.2 Å². The normalized spacial score (nSPS) is 12.4. The molecule has 0 saturated heterocycles. The molecule has 2 aromatic rings. The molecule has 0 fully saturated rings. The van der Waals surface area contributed by atoms with Crippen molar-refractivity contribution in [3.63, 3.8) is 0 Å². The van der Waals surface area contributed by atoms with Crippen molar-refractivity contribution in [1.82, 2.24) is 15.0 Å². The Labute approximate surface area is 121 Å². The molecule has 0 saturated carbocycles. The minimum atomic E-state index is -0.158. The molecule has 1 atom stereocenters. The Hall–Kier alpha value is -1.73. The lowest BCUT2D eigenvalue weighted by molar-refractivity contribution is 0.0779. The largest absolute Gasteiger partial charge is 0.361 e. The first-order valence-corrected chi connectivity index (χ1v) is 7.16. The fourth-order valence-electron chi connectivity index (χ4n) is 1.83. The van der Waals surface area contributed by atoms with Crippen LogP contribution < -0.4 is 5.73 Å². The molecule has 7 heteroatoms. The molecule has 0 aliphatic heterocycles. The molecule has 2 heterocycles. The molecule has 1 amide bonds. The second-order valence-electron chi connectivity index (χ2n) is 4.82. The molecule has 0 aliphatic carbocycles. The summed E-state index contributed by atoms with van der Waals surface area (Å²) in [5, 5.41) is 6.39. The van der Waals surface area contributed by atoms with E-state index < -0.39 is 0 Å². The van der Waals surface area contributed by atoms with Gasteiger partial charge in [0, 0.05) is 18.0 Å². The minimum absolute atomic E-state index is 0.131. The Morgan fingerprint density at radius 2 is 2.25 bits per heavy atom. The lowest BCUT2D eigenvalue weighted by Gasteiger charge is -2.15. The Bertz CT molecular complexity index is 598. The highest BCUT2D eigenvalue weighted by Gasteiger charge is 2.19. The lowest BCUT2D eigenvalue weighted by Crippen LogP contribution is -2.27. The standard InChI is InChI=1S/C13H18N4O2S/c1-7(14)12-15-11(6-20-12)13(18)17(4)5-10-8(2)16-19-9(10)3/h6-7H,5,14H2,1-4H3. The highest BCUT2D eigenvalue weighted by molar-refractivity contribution is 7.09. The molecule has 2 N–H and O–H groups in total. The summed E-state index contributed by atoms with van der Waals surface area (Å²) in [5.41, 5.74) is 7.92. The number of hydrogen-bond acceptors (Lipinski definition) is 6. The van der Waals surface area contributed by atoms with Gasteiger partial charge in [0.1, 0.15) is 16.5 Å². The van der Waals surface area contributed by atoms with E-state index >= 15 is 0 Å². The van der Waals surface area contributed by atoms with Gasteiger partial charge in [0.05, 0.1) is 18.3 Å². The van der Waals surface area contributed by atoms with E-state index in [4.69, 9.17) is 10.3 Å². The van der Waals surface area contributed by atoms with Crippen molar-refractivity contribution in [1.29, 1.82) is 0 Å². The van der Waals surface area contributed by atoms with E-state index in [0.717, 1.165) is 22.0 Å². The minimum Gasteiger partial charge on any atom is -0.361 e. The van der Waals surface area contributed by atoms with E-state index in [2.05, 4.69) is 10.1 Å². The van der Waals surface area contributed by atoms with Crippen molar-refractivity contribution in [2.24, 2.45) is 5.73 Å². The van der Waals surface area contributed by atoms with Gasteiger partial charge >= 0.3 is 0 Å². The molecule has 0 radical (unpaired) electrons. The summed E-state index contributed by atoms with van der Waals surface area (Å²) in [6, 6.07) is -0.158. The zero-order valence-electron chi connectivity index (χ0n) is 12.0. The fraction of sp³-hybridized carbons (Fsp3) is 0.462. The van der Waals surface area contributed by atoms with Crippen LogP contribution >= 0.6 is 11.3 Å². The molecule has 0 aliphatic rings. The van der Waals surface area contributed by atoms with Gasteiger partial charge in [-0.15, -0.1) is 11.3 Å². The first kappa shape index (κ1) is 14.7. The summed E-state index contributed by atoms with van der Waals surface area (Å²) in [5.74, 6) is 0.602. The van der Waals surface area contributed by atoms with Crippen molar-refractivity contribution in [3.05, 3.63) is 33.1 Å². The van der Waals surface area contributed by atoms with E-state index in [1.807, 2.05) is 20.8 Å². The van der Waals surface area contributed by atoms with Crippen molar-refractivity contribution in [2.45, 2.75) is 33.4 Å². The monoisotopic (exact) mass is 294 g/mol. The first-order valence-electron chi connectivity index (χ1n) is 6.28. The highest BCUT2D eigenvalue weighted by Crippen LogP contribution is 2.19. The molecule has 1 unspecified atom stereocenters. The molecule has 0 aromatic carbocycles. The number of aromatic nitrogens is 2. The zero-order valence-corrected chi connectivity index (χ0v) is 12.8. The zero-order chi connectivity index (χ0) is 14.9. The van der Waals surface area contributed by atoms with Crippen LogP contribution in [0, 0.1) is 13.8 Å². The topological polar surface area (TPSA) is 85.2 Å². The smallest absolute Gasteiger partial charge is 0.273 e. The van der Waals surface area contributed by atoms with Crippen molar-refractivity contribution in [2.75, 3.05) is 7.05 Å². The third-order valence-corrected chi connectivity index (χ3v) is 4.10. The fourth-order valence-corrected chi connectivity index (χ4v) is 2.58. The first-order chi connectivity index (χ1) is 9.40. The van der Waals surface area contributed by atoms with Crippen molar-refractivity contribution in [3.8, 4) is 0 Å². The number of amides is 1. The number of thiazole rings is 1. The van der Waals surface area contributed by atoms with Crippen LogP contribution in [0.15, 0.2) is 9.90 Å². The van der Waals surface area contributed by atoms with Gasteiger partial charge in [-0.3, -0.25) is 4.79 Å². The Kier molecular flexibility index (Phi) is 4.20. The lowest BCUT2D eigenvalue weighted by atomic mass is 10.2. The van der Waals surface area contributed by atoms with Gasteiger partial charge in [0.2, 0.25) is 0 Å². The van der Waals surface area contributed by atoms with E-state index in [1.165, 1.54) is 11.3 Å². The maximum absolute atomic E-state index is 12.3. The predicted molar refractivity (Wildman–Crippen MR) is 76.5 cm³/mol. The molecule has 6 nitrogen and oxygen atoms in total. The van der Waals surface area contributed by atoms with Crippen LogP contribution in [0.1, 0.15) is 45.5 Å². The number of hydrogen-bond donors (Lipinski definition) is 1. The third-order valence-electron chi connectivity index (χ3n) is 3.05. The molecule has 108 valence electrons. The van der Waals surface area contributed by atoms with Gasteiger partial charge in [0.25, 0.3) is 5.91 Å². The van der Waals surface area contributed by atoms with Gasteiger partial charge in [-0.2, -0.15) is 0 Å². The van der Waals surface area contributed by atoms with Gasteiger partial charge in [-0.1, -0.05) is 5.16 Å². The van der Waals surface area contributed by atoms with Crippen LogP contribution in [0.25, 0.3) is 0 Å². The summed E-state index contributed by atoms with van der Waals surface area (Å²) in [7, 11) is 1.74. The SMILES string of the molecule is Cc1noc(C)c1CN(C)C(=O)c1csc(C(C)N)n1. The van der Waals surface area contributed by atoms with Gasteiger partial charge in [-0.05, 0) is 20.8 Å².